The maximum atomic E-state index is 11.6. The molecule has 0 saturated carbocycles. The van der Waals surface area contributed by atoms with Crippen LogP contribution in [0.4, 0.5) is 0 Å². The first-order valence-electron chi connectivity index (χ1n) is 6.22. The number of para-hydroxylation sites is 1. The van der Waals surface area contributed by atoms with Crippen molar-refractivity contribution in [3.05, 3.63) is 36.0 Å². The van der Waals surface area contributed by atoms with Crippen LogP contribution in [0.5, 0.6) is 0 Å². The number of fused-ring (bicyclic) bond motifs is 1. The fourth-order valence-corrected chi connectivity index (χ4v) is 1.89. The van der Waals surface area contributed by atoms with Crippen molar-refractivity contribution >= 4 is 16.8 Å². The molecule has 4 heteroatoms. The Balaban J connectivity index is 1.93. The van der Waals surface area contributed by atoms with Crippen LogP contribution in [-0.2, 0) is 11.3 Å². The number of carbonyl (C=O) groups is 1. The van der Waals surface area contributed by atoms with Gasteiger partial charge in [-0.2, -0.15) is 0 Å². The third-order valence-corrected chi connectivity index (χ3v) is 3.17. The molecule has 0 saturated heterocycles. The van der Waals surface area contributed by atoms with Crippen molar-refractivity contribution < 1.29 is 4.79 Å². The van der Waals surface area contributed by atoms with Gasteiger partial charge in [0.15, 0.2) is 0 Å². The summed E-state index contributed by atoms with van der Waals surface area (Å²) in [6, 6.07) is 8.17. The van der Waals surface area contributed by atoms with E-state index in [0.717, 1.165) is 12.1 Å². The number of nitrogens with one attached hydrogen (secondary N) is 2. The zero-order chi connectivity index (χ0) is 13.0. The van der Waals surface area contributed by atoms with Gasteiger partial charge in [-0.3, -0.25) is 4.79 Å². The molecular weight excluding hydrogens is 226 g/mol. The molecule has 0 unspecified atom stereocenters. The molecule has 96 valence electrons. The van der Waals surface area contributed by atoms with Crippen LogP contribution in [0, 0.1) is 0 Å². The van der Waals surface area contributed by atoms with E-state index < -0.39 is 0 Å². The lowest BCUT2D eigenvalue weighted by Gasteiger charge is -2.14. The van der Waals surface area contributed by atoms with Crippen molar-refractivity contribution in [3.8, 4) is 0 Å². The molecule has 0 radical (unpaired) electrons. The van der Waals surface area contributed by atoms with Gasteiger partial charge < -0.3 is 15.2 Å². The zero-order valence-corrected chi connectivity index (χ0v) is 10.9. The van der Waals surface area contributed by atoms with Crippen LogP contribution < -0.4 is 5.32 Å². The Labute approximate surface area is 107 Å². The van der Waals surface area contributed by atoms with Crippen LogP contribution in [-0.4, -0.2) is 35.9 Å². The zero-order valence-electron chi connectivity index (χ0n) is 10.9. The Kier molecular flexibility index (Phi) is 3.99. The number of hydrogen-bond acceptors (Lipinski definition) is 2. The van der Waals surface area contributed by atoms with Crippen LogP contribution in [0.3, 0.4) is 0 Å². The predicted molar refractivity (Wildman–Crippen MR) is 73.3 cm³/mol. The van der Waals surface area contributed by atoms with E-state index in [1.807, 2.05) is 32.3 Å². The first-order chi connectivity index (χ1) is 8.72. The topological polar surface area (TPSA) is 48.1 Å². The molecule has 0 aliphatic carbocycles. The molecule has 0 fully saturated rings. The molecular formula is C14H19N3O. The van der Waals surface area contributed by atoms with E-state index >= 15 is 0 Å². The Hall–Kier alpha value is -1.81. The summed E-state index contributed by atoms with van der Waals surface area (Å²) in [5.74, 6) is 0.123. The fourth-order valence-electron chi connectivity index (χ4n) is 1.89. The molecule has 4 nitrogen and oxygen atoms in total. The van der Waals surface area contributed by atoms with E-state index in [9.17, 15) is 4.79 Å². The van der Waals surface area contributed by atoms with Crippen molar-refractivity contribution in [2.24, 2.45) is 0 Å². The summed E-state index contributed by atoms with van der Waals surface area (Å²) in [6.45, 7) is 3.79. The van der Waals surface area contributed by atoms with E-state index in [1.54, 1.807) is 4.90 Å². The lowest BCUT2D eigenvalue weighted by molar-refractivity contribution is -0.128. The number of likely N-dealkylation sites (N-methyl/N-ethyl adjacent to an activating group) is 1. The van der Waals surface area contributed by atoms with Crippen LogP contribution in [0.15, 0.2) is 30.5 Å². The number of aromatic amines is 1. The summed E-state index contributed by atoms with van der Waals surface area (Å²) >= 11 is 0. The molecule has 1 amide bonds. The van der Waals surface area contributed by atoms with Gasteiger partial charge >= 0.3 is 0 Å². The second kappa shape index (κ2) is 5.69. The standard InChI is InChI=1S/C14H19N3O/c1-3-17(2)14(18)10-15-8-11-9-16-13-7-5-4-6-12(11)13/h4-7,9,15-16H,3,8,10H2,1-2H3. The van der Waals surface area contributed by atoms with Gasteiger partial charge in [-0.1, -0.05) is 18.2 Å². The molecule has 0 spiro atoms. The normalized spacial score (nSPS) is 10.8. The molecule has 2 N–H and O–H groups in total. The third kappa shape index (κ3) is 2.71. The molecule has 1 aromatic heterocycles. The highest BCUT2D eigenvalue weighted by molar-refractivity contribution is 5.83. The van der Waals surface area contributed by atoms with Gasteiger partial charge in [-0.25, -0.2) is 0 Å². The number of amides is 1. The lowest BCUT2D eigenvalue weighted by Crippen LogP contribution is -2.35. The van der Waals surface area contributed by atoms with Crippen molar-refractivity contribution in [1.29, 1.82) is 0 Å². The number of aromatic nitrogens is 1. The maximum Gasteiger partial charge on any atom is 0.236 e. The second-order valence-electron chi connectivity index (χ2n) is 4.37. The molecule has 0 bridgehead atoms. The number of hydrogen-bond donors (Lipinski definition) is 2. The smallest absolute Gasteiger partial charge is 0.236 e. The average molecular weight is 245 g/mol. The third-order valence-electron chi connectivity index (χ3n) is 3.17. The molecule has 2 aromatic rings. The SMILES string of the molecule is CCN(C)C(=O)CNCc1c[nH]c2ccccc12. The fraction of sp³-hybridized carbons (Fsp3) is 0.357. The van der Waals surface area contributed by atoms with Gasteiger partial charge in [0.05, 0.1) is 6.54 Å². The molecule has 18 heavy (non-hydrogen) atoms. The highest BCUT2D eigenvalue weighted by Crippen LogP contribution is 2.16. The van der Waals surface area contributed by atoms with E-state index in [0.29, 0.717) is 13.1 Å². The van der Waals surface area contributed by atoms with Gasteiger partial charge in [0.1, 0.15) is 0 Å². The Morgan fingerprint density at radius 1 is 1.39 bits per heavy atom. The van der Waals surface area contributed by atoms with Gasteiger partial charge in [0, 0.05) is 37.2 Å². The number of benzene rings is 1. The van der Waals surface area contributed by atoms with Crippen molar-refractivity contribution in [3.63, 3.8) is 0 Å². The molecule has 1 heterocycles. The summed E-state index contributed by atoms with van der Waals surface area (Å²) in [5.41, 5.74) is 2.32. The maximum absolute atomic E-state index is 11.6. The molecule has 0 atom stereocenters. The average Bonchev–Trinajstić information content (AvgIpc) is 2.81. The van der Waals surface area contributed by atoms with E-state index in [2.05, 4.69) is 22.4 Å². The number of nitrogens with zero attached hydrogens (tertiary/aromatic N) is 1. The summed E-state index contributed by atoms with van der Waals surface area (Å²) in [4.78, 5) is 16.6. The number of rotatable bonds is 5. The summed E-state index contributed by atoms with van der Waals surface area (Å²) < 4.78 is 0. The highest BCUT2D eigenvalue weighted by Gasteiger charge is 2.07. The first kappa shape index (κ1) is 12.6. The lowest BCUT2D eigenvalue weighted by atomic mass is 10.2. The Morgan fingerprint density at radius 3 is 2.94 bits per heavy atom. The summed E-state index contributed by atoms with van der Waals surface area (Å²) in [5, 5.41) is 4.39. The van der Waals surface area contributed by atoms with Gasteiger partial charge in [0.2, 0.25) is 5.91 Å². The van der Waals surface area contributed by atoms with E-state index in [1.165, 1.54) is 10.9 Å². The van der Waals surface area contributed by atoms with Crippen molar-refractivity contribution in [2.45, 2.75) is 13.5 Å². The van der Waals surface area contributed by atoms with Gasteiger partial charge in [0.25, 0.3) is 0 Å². The Bertz CT molecular complexity index is 533. The molecule has 0 aliphatic rings. The largest absolute Gasteiger partial charge is 0.361 e. The quantitative estimate of drug-likeness (QED) is 0.843. The van der Waals surface area contributed by atoms with Crippen molar-refractivity contribution in [1.82, 2.24) is 15.2 Å². The van der Waals surface area contributed by atoms with Crippen LogP contribution in [0.25, 0.3) is 10.9 Å². The second-order valence-corrected chi connectivity index (χ2v) is 4.37. The molecule has 1 aromatic carbocycles. The minimum Gasteiger partial charge on any atom is -0.361 e. The number of carbonyl (C=O) groups excluding carboxylic acids is 1. The van der Waals surface area contributed by atoms with E-state index in [-0.39, 0.29) is 5.91 Å². The van der Waals surface area contributed by atoms with Crippen LogP contribution in [0.1, 0.15) is 12.5 Å². The van der Waals surface area contributed by atoms with Crippen LogP contribution >= 0.6 is 0 Å². The predicted octanol–water partition coefficient (Wildman–Crippen LogP) is 1.74. The monoisotopic (exact) mass is 245 g/mol. The summed E-state index contributed by atoms with van der Waals surface area (Å²) in [6.07, 6.45) is 1.99. The van der Waals surface area contributed by atoms with Crippen molar-refractivity contribution in [2.75, 3.05) is 20.1 Å². The van der Waals surface area contributed by atoms with E-state index in [4.69, 9.17) is 0 Å². The molecule has 0 aliphatic heterocycles. The summed E-state index contributed by atoms with van der Waals surface area (Å²) in [7, 11) is 1.82. The minimum atomic E-state index is 0.123. The highest BCUT2D eigenvalue weighted by atomic mass is 16.2. The molecule has 2 rings (SSSR count). The van der Waals surface area contributed by atoms with Crippen LogP contribution in [0.2, 0.25) is 0 Å². The van der Waals surface area contributed by atoms with Gasteiger partial charge in [-0.05, 0) is 18.6 Å². The minimum absolute atomic E-state index is 0.123. The Morgan fingerprint density at radius 2 is 2.17 bits per heavy atom. The van der Waals surface area contributed by atoms with Gasteiger partial charge in [-0.15, -0.1) is 0 Å². The first-order valence-corrected chi connectivity index (χ1v) is 6.22. The number of H-pyrrole nitrogens is 1.